The lowest BCUT2D eigenvalue weighted by Crippen LogP contribution is -2.50. The maximum absolute atomic E-state index is 12.4. The van der Waals surface area contributed by atoms with E-state index in [9.17, 15) is 18.0 Å². The molecule has 2 heterocycles. The van der Waals surface area contributed by atoms with Gasteiger partial charge in [0, 0.05) is 38.6 Å². The third-order valence-electron chi connectivity index (χ3n) is 3.06. The van der Waals surface area contributed by atoms with Crippen LogP contribution in [0.3, 0.4) is 0 Å². The van der Waals surface area contributed by atoms with Crippen LogP contribution in [-0.2, 0) is 11.0 Å². The molecule has 0 aliphatic carbocycles. The summed E-state index contributed by atoms with van der Waals surface area (Å²) in [4.78, 5) is 22.2. The van der Waals surface area contributed by atoms with Gasteiger partial charge in [0.15, 0.2) is 0 Å². The molecule has 0 unspecified atom stereocenters. The monoisotopic (exact) mass is 289 g/mol. The topological polar surface area (TPSA) is 75.4 Å². The Hall–Kier alpha value is -1.90. The van der Waals surface area contributed by atoms with E-state index in [2.05, 4.69) is 9.97 Å². The van der Waals surface area contributed by atoms with Gasteiger partial charge in [0.1, 0.15) is 0 Å². The molecule has 0 radical (unpaired) electrons. The fourth-order valence-corrected chi connectivity index (χ4v) is 1.92. The molecule has 1 aliphatic heterocycles. The number of nitrogens with zero attached hydrogens (tertiary/aromatic N) is 4. The number of rotatable bonds is 2. The molecule has 2 rings (SSSR count). The number of alkyl halides is 3. The molecule has 0 bridgehead atoms. The number of hydrogen-bond acceptors (Lipinski definition) is 5. The summed E-state index contributed by atoms with van der Waals surface area (Å²) < 4.78 is 37.2. The van der Waals surface area contributed by atoms with E-state index in [0.29, 0.717) is 26.2 Å². The highest BCUT2D eigenvalue weighted by Gasteiger charge is 2.31. The maximum Gasteiger partial charge on any atom is 0.419 e. The molecular formula is C11H14F3N5O. The number of amides is 1. The van der Waals surface area contributed by atoms with E-state index < -0.39 is 11.7 Å². The Morgan fingerprint density at radius 2 is 1.75 bits per heavy atom. The highest BCUT2D eigenvalue weighted by Crippen LogP contribution is 2.28. The molecule has 0 saturated carbocycles. The lowest BCUT2D eigenvalue weighted by atomic mass is 10.3. The fourth-order valence-electron chi connectivity index (χ4n) is 1.92. The first-order valence-corrected chi connectivity index (χ1v) is 6.04. The average molecular weight is 289 g/mol. The van der Waals surface area contributed by atoms with Crippen LogP contribution >= 0.6 is 0 Å². The lowest BCUT2D eigenvalue weighted by Gasteiger charge is -2.34. The van der Waals surface area contributed by atoms with Crippen LogP contribution in [0, 0.1) is 0 Å². The number of aromatic nitrogens is 2. The van der Waals surface area contributed by atoms with Crippen molar-refractivity contribution in [3.05, 3.63) is 18.0 Å². The van der Waals surface area contributed by atoms with Gasteiger partial charge in [-0.1, -0.05) is 0 Å². The molecule has 0 spiro atoms. The summed E-state index contributed by atoms with van der Waals surface area (Å²) in [6.07, 6.45) is -2.91. The first-order chi connectivity index (χ1) is 9.41. The van der Waals surface area contributed by atoms with Crippen molar-refractivity contribution in [2.45, 2.75) is 6.18 Å². The minimum absolute atomic E-state index is 0.0449. The summed E-state index contributed by atoms with van der Waals surface area (Å²) >= 11 is 0. The summed E-state index contributed by atoms with van der Waals surface area (Å²) in [5, 5.41) is 0. The normalized spacial score (nSPS) is 16.4. The Morgan fingerprint density at radius 3 is 2.20 bits per heavy atom. The van der Waals surface area contributed by atoms with Crippen LogP contribution in [0.4, 0.5) is 19.1 Å². The molecule has 1 saturated heterocycles. The van der Waals surface area contributed by atoms with Gasteiger partial charge in [0.05, 0.1) is 12.1 Å². The maximum atomic E-state index is 12.4. The van der Waals surface area contributed by atoms with Crippen molar-refractivity contribution in [1.82, 2.24) is 14.9 Å². The first-order valence-electron chi connectivity index (χ1n) is 6.04. The lowest BCUT2D eigenvalue weighted by molar-refractivity contribution is -0.138. The number of carbonyl (C=O) groups excluding carboxylic acids is 1. The zero-order valence-electron chi connectivity index (χ0n) is 10.6. The summed E-state index contributed by atoms with van der Waals surface area (Å²) in [6.45, 7) is 1.81. The zero-order chi connectivity index (χ0) is 14.8. The largest absolute Gasteiger partial charge is 0.419 e. The molecule has 0 aromatic carbocycles. The highest BCUT2D eigenvalue weighted by atomic mass is 19.4. The van der Waals surface area contributed by atoms with E-state index in [1.807, 2.05) is 0 Å². The number of nitrogens with two attached hydrogens (primary N) is 1. The van der Waals surface area contributed by atoms with E-state index in [-0.39, 0.29) is 18.4 Å². The van der Waals surface area contributed by atoms with Crippen molar-refractivity contribution < 1.29 is 18.0 Å². The molecule has 6 nitrogen and oxygen atoms in total. The van der Waals surface area contributed by atoms with Gasteiger partial charge in [-0.3, -0.25) is 4.79 Å². The Bertz CT molecular complexity index is 468. The summed E-state index contributed by atoms with van der Waals surface area (Å²) in [6, 6.07) is 0. The van der Waals surface area contributed by atoms with E-state index >= 15 is 0 Å². The van der Waals surface area contributed by atoms with Crippen molar-refractivity contribution in [3.63, 3.8) is 0 Å². The molecule has 1 aromatic heterocycles. The Kier molecular flexibility index (Phi) is 4.07. The van der Waals surface area contributed by atoms with Crippen molar-refractivity contribution in [2.24, 2.45) is 5.73 Å². The van der Waals surface area contributed by atoms with Crippen LogP contribution in [0.2, 0.25) is 0 Å². The molecule has 20 heavy (non-hydrogen) atoms. The van der Waals surface area contributed by atoms with E-state index in [1.54, 1.807) is 9.80 Å². The zero-order valence-corrected chi connectivity index (χ0v) is 10.6. The van der Waals surface area contributed by atoms with E-state index in [1.165, 1.54) is 0 Å². The average Bonchev–Trinajstić information content (AvgIpc) is 2.46. The highest BCUT2D eigenvalue weighted by molar-refractivity contribution is 5.78. The van der Waals surface area contributed by atoms with Crippen LogP contribution in [-0.4, -0.2) is 53.5 Å². The number of hydrogen-bond donors (Lipinski definition) is 1. The third-order valence-corrected chi connectivity index (χ3v) is 3.06. The van der Waals surface area contributed by atoms with Crippen molar-refractivity contribution in [2.75, 3.05) is 37.6 Å². The van der Waals surface area contributed by atoms with Crippen LogP contribution in [0.1, 0.15) is 5.56 Å². The van der Waals surface area contributed by atoms with Crippen molar-refractivity contribution >= 4 is 11.9 Å². The van der Waals surface area contributed by atoms with Crippen molar-refractivity contribution in [1.29, 1.82) is 0 Å². The summed E-state index contributed by atoms with van der Waals surface area (Å²) in [7, 11) is 0. The van der Waals surface area contributed by atoms with Gasteiger partial charge in [-0.25, -0.2) is 9.97 Å². The van der Waals surface area contributed by atoms with Gasteiger partial charge in [0.2, 0.25) is 11.9 Å². The molecule has 110 valence electrons. The van der Waals surface area contributed by atoms with Gasteiger partial charge in [-0.2, -0.15) is 13.2 Å². The Morgan fingerprint density at radius 1 is 1.20 bits per heavy atom. The van der Waals surface area contributed by atoms with Gasteiger partial charge < -0.3 is 15.5 Å². The predicted octanol–water partition coefficient (Wildman–Crippen LogP) is 0.103. The smallest absolute Gasteiger partial charge is 0.338 e. The van der Waals surface area contributed by atoms with Crippen molar-refractivity contribution in [3.8, 4) is 0 Å². The van der Waals surface area contributed by atoms with Crippen LogP contribution in [0.5, 0.6) is 0 Å². The number of anilines is 1. The second-order valence-electron chi connectivity index (χ2n) is 4.34. The van der Waals surface area contributed by atoms with E-state index in [4.69, 9.17) is 5.73 Å². The number of carbonyl (C=O) groups is 1. The van der Waals surface area contributed by atoms with Crippen LogP contribution < -0.4 is 10.6 Å². The minimum Gasteiger partial charge on any atom is -0.338 e. The third kappa shape index (κ3) is 3.16. The van der Waals surface area contributed by atoms with Crippen LogP contribution in [0.15, 0.2) is 12.4 Å². The van der Waals surface area contributed by atoms with Gasteiger partial charge in [-0.15, -0.1) is 0 Å². The summed E-state index contributed by atoms with van der Waals surface area (Å²) in [5.41, 5.74) is 4.39. The van der Waals surface area contributed by atoms with Gasteiger partial charge >= 0.3 is 6.18 Å². The molecule has 0 atom stereocenters. The molecular weight excluding hydrogens is 275 g/mol. The minimum atomic E-state index is -4.44. The Balaban J connectivity index is 1.99. The molecule has 1 aromatic rings. The Labute approximate surface area is 113 Å². The molecule has 9 heteroatoms. The fraction of sp³-hybridized carbons (Fsp3) is 0.545. The SMILES string of the molecule is NCC(=O)N1CCN(c2ncc(C(F)(F)F)cn2)CC1. The molecule has 1 fully saturated rings. The molecule has 2 N–H and O–H groups in total. The second-order valence-corrected chi connectivity index (χ2v) is 4.34. The first kappa shape index (κ1) is 14.5. The standard InChI is InChI=1S/C11H14F3N5O/c12-11(13,14)8-6-16-10(17-7-8)19-3-1-18(2-4-19)9(20)5-15/h6-7H,1-5,15H2. The summed E-state index contributed by atoms with van der Waals surface area (Å²) in [5.74, 6) is 0.0934. The predicted molar refractivity (Wildman–Crippen MR) is 64.9 cm³/mol. The van der Waals surface area contributed by atoms with Crippen LogP contribution in [0.25, 0.3) is 0 Å². The second kappa shape index (κ2) is 5.61. The number of halogens is 3. The molecule has 1 amide bonds. The van der Waals surface area contributed by atoms with E-state index in [0.717, 1.165) is 12.4 Å². The van der Waals surface area contributed by atoms with Gasteiger partial charge in [0.25, 0.3) is 0 Å². The number of piperazine rings is 1. The van der Waals surface area contributed by atoms with Gasteiger partial charge in [-0.05, 0) is 0 Å². The quantitative estimate of drug-likeness (QED) is 0.836. The molecule has 1 aliphatic rings.